The smallest absolute Gasteiger partial charge is 0.224 e. The molecule has 1 rings (SSSR count). The van der Waals surface area contributed by atoms with Crippen molar-refractivity contribution in [2.24, 2.45) is 5.14 Å². The molecule has 0 aliphatic carbocycles. The molecular formula is C5H4N2O2S2. The van der Waals surface area contributed by atoms with Crippen LogP contribution in [0.25, 0.3) is 0 Å². The third kappa shape index (κ3) is 1.57. The first-order valence-electron chi connectivity index (χ1n) is 2.56. The van der Waals surface area contributed by atoms with E-state index in [1.54, 1.807) is 6.07 Å². The van der Waals surface area contributed by atoms with Crippen molar-refractivity contribution in [3.05, 3.63) is 17.0 Å². The molecule has 0 bridgehead atoms. The number of nitrogens with zero attached hydrogens (tertiary/aromatic N) is 1. The van der Waals surface area contributed by atoms with Gasteiger partial charge in [-0.15, -0.1) is 11.3 Å². The molecule has 0 saturated heterocycles. The van der Waals surface area contributed by atoms with Gasteiger partial charge in [0, 0.05) is 0 Å². The average molecular weight is 188 g/mol. The number of nitrogens with two attached hydrogens (primary N) is 1. The van der Waals surface area contributed by atoms with Crippen molar-refractivity contribution in [1.82, 2.24) is 0 Å². The Morgan fingerprint density at radius 1 is 1.64 bits per heavy atom. The number of hydrogen-bond acceptors (Lipinski definition) is 4. The first-order valence-corrected chi connectivity index (χ1v) is 4.98. The molecule has 0 saturated carbocycles. The van der Waals surface area contributed by atoms with Gasteiger partial charge in [-0.2, -0.15) is 5.26 Å². The van der Waals surface area contributed by atoms with Gasteiger partial charge in [-0.3, -0.25) is 0 Å². The van der Waals surface area contributed by atoms with Gasteiger partial charge in [0.2, 0.25) is 10.0 Å². The summed E-state index contributed by atoms with van der Waals surface area (Å²) in [6.07, 6.45) is 0. The highest BCUT2D eigenvalue weighted by Crippen LogP contribution is 2.19. The second-order valence-electron chi connectivity index (χ2n) is 1.78. The first-order chi connectivity index (χ1) is 5.05. The topological polar surface area (TPSA) is 83.9 Å². The van der Waals surface area contributed by atoms with Crippen molar-refractivity contribution >= 4 is 21.4 Å². The van der Waals surface area contributed by atoms with Crippen LogP contribution in [0.15, 0.2) is 15.7 Å². The molecule has 0 amide bonds. The van der Waals surface area contributed by atoms with Crippen LogP contribution in [0.3, 0.4) is 0 Å². The van der Waals surface area contributed by atoms with Crippen molar-refractivity contribution in [3.63, 3.8) is 0 Å². The van der Waals surface area contributed by atoms with Gasteiger partial charge in [0.05, 0.1) is 5.56 Å². The van der Waals surface area contributed by atoms with Crippen LogP contribution in [-0.4, -0.2) is 8.42 Å². The van der Waals surface area contributed by atoms with Gasteiger partial charge in [0.25, 0.3) is 0 Å². The molecule has 0 aliphatic heterocycles. The van der Waals surface area contributed by atoms with E-state index in [0.29, 0.717) is 0 Å². The Hall–Kier alpha value is -0.900. The lowest BCUT2D eigenvalue weighted by Gasteiger charge is -1.90. The summed E-state index contributed by atoms with van der Waals surface area (Å²) in [5.41, 5.74) is 0.109. The molecule has 1 heterocycles. The fraction of sp³-hybridized carbons (Fsp3) is 0. The number of nitriles is 1. The minimum Gasteiger partial charge on any atom is -0.224 e. The van der Waals surface area contributed by atoms with Crippen LogP contribution in [0.2, 0.25) is 0 Å². The van der Waals surface area contributed by atoms with Gasteiger partial charge < -0.3 is 0 Å². The summed E-state index contributed by atoms with van der Waals surface area (Å²) in [4.78, 5) is 0. The highest BCUT2D eigenvalue weighted by Gasteiger charge is 2.14. The standard InChI is InChI=1S/C5H4N2O2S2/c6-3-4-1-2-10-5(4)11(7,8)9/h1-2H,(H2,7,8,9). The van der Waals surface area contributed by atoms with Crippen LogP contribution in [-0.2, 0) is 10.0 Å². The van der Waals surface area contributed by atoms with E-state index in [-0.39, 0.29) is 9.77 Å². The Kier molecular flexibility index (Phi) is 1.95. The average Bonchev–Trinajstić information content (AvgIpc) is 2.31. The van der Waals surface area contributed by atoms with Crippen LogP contribution in [0.5, 0.6) is 0 Å². The van der Waals surface area contributed by atoms with Gasteiger partial charge in [-0.1, -0.05) is 0 Å². The molecule has 0 radical (unpaired) electrons. The summed E-state index contributed by atoms with van der Waals surface area (Å²) >= 11 is 0.946. The normalized spacial score (nSPS) is 10.9. The first kappa shape index (κ1) is 8.20. The van der Waals surface area contributed by atoms with E-state index in [2.05, 4.69) is 0 Å². The zero-order chi connectivity index (χ0) is 8.48. The molecule has 0 aromatic carbocycles. The van der Waals surface area contributed by atoms with Crippen LogP contribution in [0.4, 0.5) is 0 Å². The predicted octanol–water partition coefficient (Wildman–Crippen LogP) is 0.267. The summed E-state index contributed by atoms with van der Waals surface area (Å²) in [5.74, 6) is 0. The largest absolute Gasteiger partial charge is 0.248 e. The molecule has 0 unspecified atom stereocenters. The zero-order valence-electron chi connectivity index (χ0n) is 5.31. The van der Waals surface area contributed by atoms with Crippen molar-refractivity contribution in [3.8, 4) is 6.07 Å². The maximum absolute atomic E-state index is 10.7. The molecule has 0 atom stereocenters. The molecular weight excluding hydrogens is 184 g/mol. The summed E-state index contributed by atoms with van der Waals surface area (Å²) in [6.45, 7) is 0. The molecule has 1 aromatic rings. The van der Waals surface area contributed by atoms with Gasteiger partial charge in [-0.05, 0) is 11.4 Å². The van der Waals surface area contributed by atoms with Crippen molar-refractivity contribution in [2.75, 3.05) is 0 Å². The Bertz CT molecular complexity index is 398. The quantitative estimate of drug-likeness (QED) is 0.686. The summed E-state index contributed by atoms with van der Waals surface area (Å²) in [7, 11) is -3.71. The van der Waals surface area contributed by atoms with E-state index in [4.69, 9.17) is 10.4 Å². The van der Waals surface area contributed by atoms with E-state index < -0.39 is 10.0 Å². The second kappa shape index (κ2) is 2.62. The molecule has 6 heteroatoms. The van der Waals surface area contributed by atoms with Crippen molar-refractivity contribution < 1.29 is 8.42 Å². The monoisotopic (exact) mass is 188 g/mol. The number of hydrogen-bond donors (Lipinski definition) is 1. The second-order valence-corrected chi connectivity index (χ2v) is 4.45. The molecule has 11 heavy (non-hydrogen) atoms. The number of primary sulfonamides is 1. The van der Waals surface area contributed by atoms with Gasteiger partial charge in [-0.25, -0.2) is 13.6 Å². The maximum Gasteiger partial charge on any atom is 0.248 e. The Morgan fingerprint density at radius 2 is 2.27 bits per heavy atom. The fourth-order valence-corrected chi connectivity index (χ4v) is 2.29. The maximum atomic E-state index is 10.7. The minimum atomic E-state index is -3.71. The van der Waals surface area contributed by atoms with E-state index in [1.807, 2.05) is 0 Å². The van der Waals surface area contributed by atoms with Crippen molar-refractivity contribution in [1.29, 1.82) is 5.26 Å². The van der Waals surface area contributed by atoms with Crippen LogP contribution >= 0.6 is 11.3 Å². The Balaban J connectivity index is 3.39. The molecule has 0 fully saturated rings. The van der Waals surface area contributed by atoms with Crippen LogP contribution < -0.4 is 5.14 Å². The van der Waals surface area contributed by atoms with Crippen LogP contribution in [0.1, 0.15) is 5.56 Å². The summed E-state index contributed by atoms with van der Waals surface area (Å²) < 4.78 is 21.4. The van der Waals surface area contributed by atoms with E-state index in [1.165, 1.54) is 11.4 Å². The molecule has 58 valence electrons. The third-order valence-corrected chi connectivity index (χ3v) is 3.44. The number of sulfonamides is 1. The molecule has 4 nitrogen and oxygen atoms in total. The molecule has 0 spiro atoms. The lowest BCUT2D eigenvalue weighted by Crippen LogP contribution is -2.11. The van der Waals surface area contributed by atoms with Crippen LogP contribution in [0, 0.1) is 11.3 Å². The Labute approximate surface area is 67.9 Å². The van der Waals surface area contributed by atoms with Gasteiger partial charge in [0.1, 0.15) is 6.07 Å². The lowest BCUT2D eigenvalue weighted by molar-refractivity contribution is 0.599. The van der Waals surface area contributed by atoms with Crippen molar-refractivity contribution in [2.45, 2.75) is 4.21 Å². The van der Waals surface area contributed by atoms with E-state index >= 15 is 0 Å². The van der Waals surface area contributed by atoms with Gasteiger partial charge in [0.15, 0.2) is 4.21 Å². The number of thiophene rings is 1. The highest BCUT2D eigenvalue weighted by molar-refractivity contribution is 7.91. The van der Waals surface area contributed by atoms with E-state index in [9.17, 15) is 8.42 Å². The SMILES string of the molecule is N#Cc1ccsc1S(N)(=O)=O. The van der Waals surface area contributed by atoms with Gasteiger partial charge >= 0.3 is 0 Å². The highest BCUT2D eigenvalue weighted by atomic mass is 32.2. The summed E-state index contributed by atoms with van der Waals surface area (Å²) in [6, 6.07) is 3.15. The molecule has 0 aliphatic rings. The number of rotatable bonds is 1. The lowest BCUT2D eigenvalue weighted by atomic mass is 10.4. The minimum absolute atomic E-state index is 0.0694. The fourth-order valence-electron chi connectivity index (χ4n) is 0.599. The summed E-state index contributed by atoms with van der Waals surface area (Å²) in [5, 5.41) is 14.7. The zero-order valence-corrected chi connectivity index (χ0v) is 6.95. The molecule has 2 N–H and O–H groups in total. The van der Waals surface area contributed by atoms with E-state index in [0.717, 1.165) is 11.3 Å². The predicted molar refractivity (Wildman–Crippen MR) is 40.4 cm³/mol. The Morgan fingerprint density at radius 3 is 2.64 bits per heavy atom. The molecule has 1 aromatic heterocycles. The third-order valence-electron chi connectivity index (χ3n) is 1.01.